The molecule has 6 heteroatoms. The van der Waals surface area contributed by atoms with Crippen molar-refractivity contribution in [1.82, 2.24) is 0 Å². The minimum Gasteiger partial charge on any atom is -0.497 e. The van der Waals surface area contributed by atoms with Crippen LogP contribution in [0.2, 0.25) is 0 Å². The lowest BCUT2D eigenvalue weighted by molar-refractivity contribution is -0.119. The molecular weight excluding hydrogens is 440 g/mol. The molecule has 1 N–H and O–H groups in total. The Balaban J connectivity index is 1.70. The number of carbonyl (C=O) groups excluding carboxylic acids is 2. The van der Waals surface area contributed by atoms with Gasteiger partial charge < -0.3 is 14.5 Å². The molecule has 1 amide bonds. The predicted octanol–water partition coefficient (Wildman–Crippen LogP) is 6.23. The minimum atomic E-state index is -0.539. The van der Waals surface area contributed by atoms with Gasteiger partial charge in [0.05, 0.1) is 30.8 Å². The monoisotopic (exact) mass is 470 g/mol. The molecule has 3 aromatic rings. The molecule has 2 atom stereocenters. The van der Waals surface area contributed by atoms with Crippen molar-refractivity contribution < 1.29 is 18.7 Å². The lowest BCUT2D eigenvalue weighted by atomic mass is 9.80. The summed E-state index contributed by atoms with van der Waals surface area (Å²) in [4.78, 5) is 29.4. The number of furan rings is 1. The molecule has 180 valence electrons. The van der Waals surface area contributed by atoms with Gasteiger partial charge in [0.1, 0.15) is 11.5 Å². The van der Waals surface area contributed by atoms with Crippen molar-refractivity contribution in [3.63, 3.8) is 0 Å². The van der Waals surface area contributed by atoms with Crippen molar-refractivity contribution >= 4 is 23.1 Å². The van der Waals surface area contributed by atoms with Gasteiger partial charge in [-0.1, -0.05) is 38.1 Å². The van der Waals surface area contributed by atoms with Crippen LogP contribution in [0.3, 0.4) is 0 Å². The average Bonchev–Trinajstić information content (AvgIpc) is 3.33. The van der Waals surface area contributed by atoms with Crippen molar-refractivity contribution in [2.24, 2.45) is 5.92 Å². The second-order valence-corrected chi connectivity index (χ2v) is 9.62. The number of methoxy groups -OCH3 is 1. The fourth-order valence-corrected chi connectivity index (χ4v) is 5.14. The van der Waals surface area contributed by atoms with Crippen LogP contribution in [0.5, 0.6) is 5.75 Å². The highest BCUT2D eigenvalue weighted by molar-refractivity contribution is 6.06. The normalized spacial score (nSPS) is 19.7. The summed E-state index contributed by atoms with van der Waals surface area (Å²) in [7, 11) is 1.62. The first kappa shape index (κ1) is 23.0. The average molecular weight is 471 g/mol. The molecule has 2 aromatic carbocycles. The third kappa shape index (κ3) is 4.36. The lowest BCUT2D eigenvalue weighted by Crippen LogP contribution is -2.39. The number of fused-ring (bicyclic) bond motifs is 1. The fourth-order valence-electron chi connectivity index (χ4n) is 5.14. The number of amides is 1. The lowest BCUT2D eigenvalue weighted by Gasteiger charge is -2.35. The van der Waals surface area contributed by atoms with Crippen LogP contribution in [0.25, 0.3) is 0 Å². The smallest absolute Gasteiger partial charge is 0.228 e. The predicted molar refractivity (Wildman–Crippen MR) is 135 cm³/mol. The summed E-state index contributed by atoms with van der Waals surface area (Å²) in [5, 5.41) is 3.54. The number of ether oxygens (including phenoxy) is 1. The van der Waals surface area contributed by atoms with Crippen LogP contribution >= 0.6 is 0 Å². The van der Waals surface area contributed by atoms with E-state index in [2.05, 4.69) is 5.32 Å². The topological polar surface area (TPSA) is 71.8 Å². The summed E-state index contributed by atoms with van der Waals surface area (Å²) in [6.07, 6.45) is 2.99. The molecule has 1 aliphatic carbocycles. The van der Waals surface area contributed by atoms with Crippen LogP contribution in [0, 0.1) is 5.92 Å². The van der Waals surface area contributed by atoms with E-state index in [9.17, 15) is 9.59 Å². The molecule has 0 radical (unpaired) electrons. The van der Waals surface area contributed by atoms with Crippen LogP contribution in [0.1, 0.15) is 56.4 Å². The van der Waals surface area contributed by atoms with Gasteiger partial charge in [0, 0.05) is 30.0 Å². The quantitative estimate of drug-likeness (QED) is 0.478. The number of benzene rings is 2. The van der Waals surface area contributed by atoms with Gasteiger partial charge in [0.2, 0.25) is 5.91 Å². The molecule has 1 aliphatic heterocycles. The van der Waals surface area contributed by atoms with Gasteiger partial charge in [0.15, 0.2) is 5.78 Å². The van der Waals surface area contributed by atoms with Gasteiger partial charge in [-0.15, -0.1) is 0 Å². The first-order valence-electron chi connectivity index (χ1n) is 12.1. The zero-order valence-corrected chi connectivity index (χ0v) is 20.3. The molecule has 5 rings (SSSR count). The highest BCUT2D eigenvalue weighted by Gasteiger charge is 2.42. The number of para-hydroxylation sites is 2. The summed E-state index contributed by atoms with van der Waals surface area (Å²) in [6.45, 7) is 4.07. The number of nitrogens with zero attached hydrogens (tertiary/aromatic N) is 1. The molecule has 0 bridgehead atoms. The molecule has 0 saturated heterocycles. The highest BCUT2D eigenvalue weighted by atomic mass is 16.5. The second-order valence-electron chi connectivity index (χ2n) is 9.62. The Bertz CT molecular complexity index is 1260. The van der Waals surface area contributed by atoms with E-state index in [0.717, 1.165) is 34.1 Å². The summed E-state index contributed by atoms with van der Waals surface area (Å²) in [5.74, 6) is 1.67. The van der Waals surface area contributed by atoms with Gasteiger partial charge >= 0.3 is 0 Å². The summed E-state index contributed by atoms with van der Waals surface area (Å²) < 4.78 is 11.0. The maximum absolute atomic E-state index is 13.8. The minimum absolute atomic E-state index is 0.00947. The summed E-state index contributed by atoms with van der Waals surface area (Å²) in [5.41, 5.74) is 3.96. The van der Waals surface area contributed by atoms with Crippen LogP contribution in [-0.2, 0) is 9.59 Å². The highest BCUT2D eigenvalue weighted by Crippen LogP contribution is 2.47. The van der Waals surface area contributed by atoms with Crippen molar-refractivity contribution in [1.29, 1.82) is 0 Å². The SMILES string of the molecule is COc1ccc([C@H]2C3=C(C[C@H](c4ccco4)CC3=O)Nc3ccccc3N2C(=O)CC(C)C)cc1. The van der Waals surface area contributed by atoms with Crippen molar-refractivity contribution in [2.45, 2.75) is 45.1 Å². The van der Waals surface area contributed by atoms with Crippen molar-refractivity contribution in [3.05, 3.63) is 89.5 Å². The number of ketones is 1. The van der Waals surface area contributed by atoms with E-state index in [1.807, 2.05) is 79.4 Å². The maximum atomic E-state index is 13.8. The van der Waals surface area contributed by atoms with Gasteiger partial charge in [-0.25, -0.2) is 0 Å². The molecule has 0 unspecified atom stereocenters. The Morgan fingerprint density at radius 1 is 1.09 bits per heavy atom. The zero-order valence-electron chi connectivity index (χ0n) is 20.3. The van der Waals surface area contributed by atoms with Crippen LogP contribution < -0.4 is 15.0 Å². The zero-order chi connectivity index (χ0) is 24.5. The fraction of sp³-hybridized carbons (Fsp3) is 0.310. The Morgan fingerprint density at radius 3 is 2.54 bits per heavy atom. The number of rotatable bonds is 5. The van der Waals surface area contributed by atoms with E-state index >= 15 is 0 Å². The third-order valence-electron chi connectivity index (χ3n) is 6.72. The molecule has 2 heterocycles. The number of hydrogen-bond acceptors (Lipinski definition) is 5. The molecule has 6 nitrogen and oxygen atoms in total. The van der Waals surface area contributed by atoms with Crippen LogP contribution in [0.4, 0.5) is 11.4 Å². The number of Topliss-reactive ketones (excluding diaryl/α,β-unsaturated/α-hetero) is 1. The Morgan fingerprint density at radius 2 is 1.86 bits per heavy atom. The van der Waals surface area contributed by atoms with E-state index < -0.39 is 6.04 Å². The maximum Gasteiger partial charge on any atom is 0.228 e. The Labute approximate surface area is 205 Å². The van der Waals surface area contributed by atoms with Gasteiger partial charge in [0.25, 0.3) is 0 Å². The number of carbonyl (C=O) groups is 2. The summed E-state index contributed by atoms with van der Waals surface area (Å²) in [6, 6.07) is 18.7. The van der Waals surface area contributed by atoms with Crippen LogP contribution in [-0.4, -0.2) is 18.8 Å². The second kappa shape index (κ2) is 9.45. The van der Waals surface area contributed by atoms with E-state index in [1.54, 1.807) is 13.4 Å². The Kier molecular flexibility index (Phi) is 6.20. The van der Waals surface area contributed by atoms with Crippen LogP contribution in [0.15, 0.2) is 82.6 Å². The standard InChI is InChI=1S/C29H30N2O4/c1-18(2)15-27(33)31-24-8-5-4-7-22(24)30-23-16-20(26-9-6-14-35-26)17-25(32)28(23)29(31)19-10-12-21(34-3)13-11-19/h4-14,18,20,29-30H,15-17H2,1-3H3/t20-,29-/m0/s1. The molecule has 1 aromatic heterocycles. The first-order chi connectivity index (χ1) is 17.0. The van der Waals surface area contributed by atoms with Gasteiger partial charge in [-0.3, -0.25) is 14.5 Å². The largest absolute Gasteiger partial charge is 0.497 e. The molecule has 0 spiro atoms. The molecule has 35 heavy (non-hydrogen) atoms. The first-order valence-corrected chi connectivity index (χ1v) is 12.1. The van der Waals surface area contributed by atoms with E-state index in [0.29, 0.717) is 24.8 Å². The van der Waals surface area contributed by atoms with E-state index in [1.165, 1.54) is 0 Å². The van der Waals surface area contributed by atoms with E-state index in [-0.39, 0.29) is 23.5 Å². The molecular formula is C29H30N2O4. The third-order valence-corrected chi connectivity index (χ3v) is 6.72. The number of nitrogens with one attached hydrogen (secondary N) is 1. The van der Waals surface area contributed by atoms with Crippen molar-refractivity contribution in [3.8, 4) is 5.75 Å². The number of allylic oxidation sites excluding steroid dienone is 1. The van der Waals surface area contributed by atoms with E-state index in [4.69, 9.17) is 9.15 Å². The van der Waals surface area contributed by atoms with Crippen molar-refractivity contribution in [2.75, 3.05) is 17.3 Å². The number of hydrogen-bond donors (Lipinski definition) is 1. The molecule has 2 aliphatic rings. The van der Waals surface area contributed by atoms with Gasteiger partial charge in [-0.2, -0.15) is 0 Å². The Hall–Kier alpha value is -3.80. The number of anilines is 2. The molecule has 0 saturated carbocycles. The van der Waals surface area contributed by atoms with Gasteiger partial charge in [-0.05, 0) is 54.3 Å². The summed E-state index contributed by atoms with van der Waals surface area (Å²) >= 11 is 0. The molecule has 0 fully saturated rings.